The molecule has 3 nitrogen and oxygen atoms in total. The van der Waals surface area contributed by atoms with Gasteiger partial charge in [0.05, 0.1) is 11.2 Å². The van der Waals surface area contributed by atoms with E-state index in [0.717, 1.165) is 13.1 Å². The van der Waals surface area contributed by atoms with E-state index in [0.29, 0.717) is 11.6 Å². The van der Waals surface area contributed by atoms with Crippen molar-refractivity contribution >= 4 is 11.3 Å². The summed E-state index contributed by atoms with van der Waals surface area (Å²) in [7, 11) is 0. The van der Waals surface area contributed by atoms with Crippen molar-refractivity contribution in [1.29, 1.82) is 0 Å². The molecule has 20 heavy (non-hydrogen) atoms. The Morgan fingerprint density at radius 2 is 2.20 bits per heavy atom. The lowest BCUT2D eigenvalue weighted by Gasteiger charge is -2.49. The number of piperazine rings is 1. The van der Waals surface area contributed by atoms with Gasteiger partial charge in [-0.15, -0.1) is 11.3 Å². The maximum absolute atomic E-state index is 4.41. The molecule has 2 fully saturated rings. The van der Waals surface area contributed by atoms with Crippen LogP contribution >= 0.6 is 11.3 Å². The molecule has 1 aliphatic carbocycles. The van der Waals surface area contributed by atoms with Gasteiger partial charge < -0.3 is 5.32 Å². The molecule has 4 heteroatoms. The van der Waals surface area contributed by atoms with Crippen LogP contribution in [0.4, 0.5) is 0 Å². The molecule has 1 N–H and O–H groups in total. The second-order valence-electron chi connectivity index (χ2n) is 6.55. The predicted molar refractivity (Wildman–Crippen MR) is 85.2 cm³/mol. The van der Waals surface area contributed by atoms with Crippen LogP contribution < -0.4 is 5.32 Å². The summed E-state index contributed by atoms with van der Waals surface area (Å²) in [6, 6.07) is 0.684. The Morgan fingerprint density at radius 1 is 1.40 bits per heavy atom. The van der Waals surface area contributed by atoms with E-state index in [2.05, 4.69) is 29.0 Å². The minimum atomic E-state index is 0.405. The van der Waals surface area contributed by atoms with Gasteiger partial charge in [-0.25, -0.2) is 4.98 Å². The highest BCUT2D eigenvalue weighted by atomic mass is 32.1. The zero-order valence-electron chi connectivity index (χ0n) is 12.8. The van der Waals surface area contributed by atoms with Crippen LogP contribution in [0.2, 0.25) is 0 Å². The summed E-state index contributed by atoms with van der Waals surface area (Å²) >= 11 is 1.82. The van der Waals surface area contributed by atoms with Gasteiger partial charge in [0, 0.05) is 36.1 Å². The molecular weight excluding hydrogens is 266 g/mol. The van der Waals surface area contributed by atoms with Gasteiger partial charge in [0.25, 0.3) is 0 Å². The lowest BCUT2D eigenvalue weighted by atomic mass is 9.79. The number of hydrogen-bond donors (Lipinski definition) is 1. The first kappa shape index (κ1) is 14.5. The van der Waals surface area contributed by atoms with Crippen molar-refractivity contribution in [3.05, 3.63) is 16.1 Å². The first-order valence-corrected chi connectivity index (χ1v) is 8.98. The van der Waals surface area contributed by atoms with Gasteiger partial charge in [-0.3, -0.25) is 4.90 Å². The highest BCUT2D eigenvalue weighted by Crippen LogP contribution is 2.33. The van der Waals surface area contributed by atoms with Crippen molar-refractivity contribution in [2.24, 2.45) is 0 Å². The molecule has 0 aromatic carbocycles. The number of rotatable bonds is 3. The van der Waals surface area contributed by atoms with E-state index in [1.54, 1.807) is 0 Å². The van der Waals surface area contributed by atoms with Crippen LogP contribution in [0.5, 0.6) is 0 Å². The summed E-state index contributed by atoms with van der Waals surface area (Å²) < 4.78 is 0. The van der Waals surface area contributed by atoms with Gasteiger partial charge in [0.1, 0.15) is 0 Å². The molecule has 1 aliphatic heterocycles. The fraction of sp³-hybridized carbons (Fsp3) is 0.812. The van der Waals surface area contributed by atoms with Gasteiger partial charge in [-0.1, -0.05) is 26.2 Å². The van der Waals surface area contributed by atoms with Crippen LogP contribution in [0.3, 0.4) is 0 Å². The normalized spacial score (nSPS) is 27.0. The average Bonchev–Trinajstić information content (AvgIpc) is 2.86. The largest absolute Gasteiger partial charge is 0.308 e. The lowest BCUT2D eigenvalue weighted by Crippen LogP contribution is -2.64. The van der Waals surface area contributed by atoms with Gasteiger partial charge in [-0.2, -0.15) is 0 Å². The smallest absolute Gasteiger partial charge is 0.0798 e. The summed E-state index contributed by atoms with van der Waals surface area (Å²) in [6.45, 7) is 7.94. The Balaban J connectivity index is 1.73. The number of hydrogen-bond acceptors (Lipinski definition) is 4. The van der Waals surface area contributed by atoms with Crippen LogP contribution in [0.25, 0.3) is 0 Å². The zero-order chi connectivity index (χ0) is 14.0. The maximum Gasteiger partial charge on any atom is 0.0798 e. The molecule has 2 heterocycles. The second kappa shape index (κ2) is 6.12. The predicted octanol–water partition coefficient (Wildman–Crippen LogP) is 3.34. The third-order valence-corrected chi connectivity index (χ3v) is 6.13. The topological polar surface area (TPSA) is 28.2 Å². The summed E-state index contributed by atoms with van der Waals surface area (Å²) in [5, 5.41) is 3.91. The van der Waals surface area contributed by atoms with Crippen molar-refractivity contribution in [3.63, 3.8) is 0 Å². The molecule has 1 saturated carbocycles. The molecule has 1 unspecified atom stereocenters. The standard InChI is InChI=1S/C16H27N3S/c1-3-14-9-18-16(7-5-4-6-8-16)11-19(14)10-15-13(2)17-12-20-15/h12,14,18H,3-11H2,1-2H3. The Labute approximate surface area is 126 Å². The van der Waals surface area contributed by atoms with E-state index < -0.39 is 0 Å². The van der Waals surface area contributed by atoms with Gasteiger partial charge >= 0.3 is 0 Å². The number of nitrogens with one attached hydrogen (secondary N) is 1. The minimum Gasteiger partial charge on any atom is -0.308 e. The van der Waals surface area contributed by atoms with Crippen molar-refractivity contribution in [2.45, 2.75) is 70.5 Å². The van der Waals surface area contributed by atoms with Gasteiger partial charge in [0.2, 0.25) is 0 Å². The monoisotopic (exact) mass is 293 g/mol. The first-order valence-electron chi connectivity index (χ1n) is 8.10. The Bertz CT molecular complexity index is 437. The number of nitrogens with zero attached hydrogens (tertiary/aromatic N) is 2. The Hall–Kier alpha value is -0.450. The summed E-state index contributed by atoms with van der Waals surface area (Å²) in [4.78, 5) is 8.59. The third kappa shape index (κ3) is 2.92. The van der Waals surface area contributed by atoms with Crippen LogP contribution in [-0.2, 0) is 6.54 Å². The highest BCUT2D eigenvalue weighted by Gasteiger charge is 2.39. The molecule has 112 valence electrons. The van der Waals surface area contributed by atoms with Crippen molar-refractivity contribution in [3.8, 4) is 0 Å². The van der Waals surface area contributed by atoms with E-state index in [1.807, 2.05) is 16.8 Å². The maximum atomic E-state index is 4.41. The van der Waals surface area contributed by atoms with Crippen LogP contribution in [-0.4, -0.2) is 34.6 Å². The third-order valence-electron chi connectivity index (χ3n) is 5.21. The zero-order valence-corrected chi connectivity index (χ0v) is 13.6. The molecule has 1 spiro atoms. The minimum absolute atomic E-state index is 0.405. The van der Waals surface area contributed by atoms with Gasteiger partial charge in [-0.05, 0) is 26.2 Å². The second-order valence-corrected chi connectivity index (χ2v) is 7.49. The van der Waals surface area contributed by atoms with Crippen molar-refractivity contribution in [1.82, 2.24) is 15.2 Å². The van der Waals surface area contributed by atoms with E-state index in [1.165, 1.54) is 55.6 Å². The Morgan fingerprint density at radius 3 is 2.85 bits per heavy atom. The molecule has 1 aromatic heterocycles. The van der Waals surface area contributed by atoms with Crippen molar-refractivity contribution in [2.75, 3.05) is 13.1 Å². The summed E-state index contributed by atoms with van der Waals surface area (Å²) in [6.07, 6.45) is 8.19. The molecule has 1 aromatic rings. The molecule has 0 radical (unpaired) electrons. The molecule has 0 bridgehead atoms. The summed E-state index contributed by atoms with van der Waals surface area (Å²) in [5.41, 5.74) is 3.62. The van der Waals surface area contributed by atoms with E-state index in [4.69, 9.17) is 0 Å². The fourth-order valence-electron chi connectivity index (χ4n) is 3.85. The lowest BCUT2D eigenvalue weighted by molar-refractivity contribution is 0.0489. The number of aromatic nitrogens is 1. The van der Waals surface area contributed by atoms with Crippen molar-refractivity contribution < 1.29 is 0 Å². The molecule has 1 atom stereocenters. The molecule has 0 amide bonds. The van der Waals surface area contributed by atoms with Crippen LogP contribution in [0, 0.1) is 6.92 Å². The van der Waals surface area contributed by atoms with Crippen LogP contribution in [0.15, 0.2) is 5.51 Å². The highest BCUT2D eigenvalue weighted by molar-refractivity contribution is 7.09. The van der Waals surface area contributed by atoms with E-state index in [9.17, 15) is 0 Å². The van der Waals surface area contributed by atoms with E-state index >= 15 is 0 Å². The van der Waals surface area contributed by atoms with Gasteiger partial charge in [0.15, 0.2) is 0 Å². The number of thiazole rings is 1. The van der Waals surface area contributed by atoms with Crippen LogP contribution in [0.1, 0.15) is 56.0 Å². The molecule has 2 aliphatic rings. The molecule has 1 saturated heterocycles. The SMILES string of the molecule is CCC1CNC2(CCCCC2)CN1Cc1scnc1C. The van der Waals surface area contributed by atoms with E-state index in [-0.39, 0.29) is 0 Å². The quantitative estimate of drug-likeness (QED) is 0.926. The first-order chi connectivity index (χ1) is 9.72. The summed E-state index contributed by atoms with van der Waals surface area (Å²) in [5.74, 6) is 0. The molecular formula is C16H27N3S. The average molecular weight is 293 g/mol. The number of aryl methyl sites for hydroxylation is 1. The fourth-order valence-corrected chi connectivity index (χ4v) is 4.65. The Kier molecular flexibility index (Phi) is 4.43. The molecule has 3 rings (SSSR count).